The number of pyridine rings is 1. The first kappa shape index (κ1) is 13.2. The zero-order valence-electron chi connectivity index (χ0n) is 10.5. The lowest BCUT2D eigenvalue weighted by Gasteiger charge is -2.31. The second-order valence-electron chi connectivity index (χ2n) is 4.50. The standard InChI is InChI=1S/C12H15N5O2/c13-4-8-16-6-2-10(3-7-16)15-11-1-5-14-9-12(11)17(18)19/h1,5,9-10H,2-3,6-8H2,(H,14,15). The van der Waals surface area contributed by atoms with Gasteiger partial charge in [0.05, 0.1) is 17.5 Å². The Morgan fingerprint density at radius 1 is 1.58 bits per heavy atom. The predicted molar refractivity (Wildman–Crippen MR) is 69.6 cm³/mol. The van der Waals surface area contributed by atoms with E-state index in [1.807, 2.05) is 0 Å². The van der Waals surface area contributed by atoms with Gasteiger partial charge in [0.2, 0.25) is 0 Å². The van der Waals surface area contributed by atoms with Gasteiger partial charge in [-0.15, -0.1) is 0 Å². The average Bonchev–Trinajstić information content (AvgIpc) is 2.42. The number of nitrogens with one attached hydrogen (secondary N) is 1. The molecule has 0 unspecified atom stereocenters. The number of piperidine rings is 1. The number of anilines is 1. The van der Waals surface area contributed by atoms with Crippen molar-refractivity contribution in [1.82, 2.24) is 9.88 Å². The summed E-state index contributed by atoms with van der Waals surface area (Å²) in [4.78, 5) is 16.3. The Morgan fingerprint density at radius 2 is 2.32 bits per heavy atom. The van der Waals surface area contributed by atoms with Crippen LogP contribution in [0.5, 0.6) is 0 Å². The number of hydrogen-bond donors (Lipinski definition) is 1. The molecule has 0 amide bonds. The fourth-order valence-corrected chi connectivity index (χ4v) is 2.21. The first-order valence-electron chi connectivity index (χ1n) is 6.15. The maximum Gasteiger partial charge on any atom is 0.310 e. The summed E-state index contributed by atoms with van der Waals surface area (Å²) in [6.45, 7) is 2.12. The second kappa shape index (κ2) is 6.11. The Balaban J connectivity index is 1.96. The number of nitro groups is 1. The summed E-state index contributed by atoms with van der Waals surface area (Å²) in [6, 6.07) is 3.96. The van der Waals surface area contributed by atoms with Crippen LogP contribution in [0.25, 0.3) is 0 Å². The van der Waals surface area contributed by atoms with E-state index in [1.165, 1.54) is 6.20 Å². The zero-order chi connectivity index (χ0) is 13.7. The van der Waals surface area contributed by atoms with Crippen LogP contribution in [-0.2, 0) is 0 Å². The van der Waals surface area contributed by atoms with Crippen molar-refractivity contribution in [2.24, 2.45) is 0 Å². The minimum atomic E-state index is -0.430. The molecule has 2 rings (SSSR count). The number of likely N-dealkylation sites (tertiary alicyclic amines) is 1. The van der Waals surface area contributed by atoms with E-state index in [1.54, 1.807) is 12.3 Å². The van der Waals surface area contributed by atoms with Gasteiger partial charge < -0.3 is 5.32 Å². The minimum absolute atomic E-state index is 0.00181. The third kappa shape index (κ3) is 3.39. The second-order valence-corrected chi connectivity index (χ2v) is 4.50. The van der Waals surface area contributed by atoms with Gasteiger partial charge in [-0.2, -0.15) is 5.26 Å². The van der Waals surface area contributed by atoms with Crippen molar-refractivity contribution in [1.29, 1.82) is 5.26 Å². The highest BCUT2D eigenvalue weighted by Gasteiger charge is 2.21. The Morgan fingerprint density at radius 3 is 2.95 bits per heavy atom. The molecule has 0 radical (unpaired) electrons. The van der Waals surface area contributed by atoms with Gasteiger partial charge in [-0.25, -0.2) is 0 Å². The van der Waals surface area contributed by atoms with E-state index in [0.29, 0.717) is 12.2 Å². The molecule has 0 spiro atoms. The number of nitriles is 1. The van der Waals surface area contributed by atoms with Gasteiger partial charge in [0.15, 0.2) is 0 Å². The molecule has 1 aliphatic rings. The minimum Gasteiger partial charge on any atom is -0.377 e. The maximum absolute atomic E-state index is 10.9. The van der Waals surface area contributed by atoms with Crippen molar-refractivity contribution in [3.8, 4) is 6.07 Å². The lowest BCUT2D eigenvalue weighted by molar-refractivity contribution is -0.384. The summed E-state index contributed by atoms with van der Waals surface area (Å²) >= 11 is 0. The highest BCUT2D eigenvalue weighted by Crippen LogP contribution is 2.25. The highest BCUT2D eigenvalue weighted by atomic mass is 16.6. The summed E-state index contributed by atoms with van der Waals surface area (Å²) in [5.74, 6) is 0. The zero-order valence-corrected chi connectivity index (χ0v) is 10.5. The Hall–Kier alpha value is -2.20. The van der Waals surface area contributed by atoms with Crippen LogP contribution in [0.1, 0.15) is 12.8 Å². The number of hydrogen-bond acceptors (Lipinski definition) is 6. The van der Waals surface area contributed by atoms with Crippen LogP contribution in [-0.4, -0.2) is 40.5 Å². The first-order valence-corrected chi connectivity index (χ1v) is 6.15. The molecule has 1 fully saturated rings. The summed E-state index contributed by atoms with van der Waals surface area (Å²) in [6.07, 6.45) is 4.55. The summed E-state index contributed by atoms with van der Waals surface area (Å²) < 4.78 is 0. The highest BCUT2D eigenvalue weighted by molar-refractivity contribution is 5.60. The Kier molecular flexibility index (Phi) is 4.26. The van der Waals surface area contributed by atoms with Crippen molar-refractivity contribution in [3.05, 3.63) is 28.6 Å². The van der Waals surface area contributed by atoms with Crippen molar-refractivity contribution in [2.45, 2.75) is 18.9 Å². The molecular weight excluding hydrogens is 246 g/mol. The molecule has 1 aromatic rings. The molecule has 7 nitrogen and oxygen atoms in total. The average molecular weight is 261 g/mol. The largest absolute Gasteiger partial charge is 0.377 e. The van der Waals surface area contributed by atoms with Crippen LogP contribution >= 0.6 is 0 Å². The topological polar surface area (TPSA) is 95.1 Å². The predicted octanol–water partition coefficient (Wildman–Crippen LogP) is 1.39. The van der Waals surface area contributed by atoms with Crippen LogP contribution in [0.2, 0.25) is 0 Å². The van der Waals surface area contributed by atoms with Gasteiger partial charge in [-0.1, -0.05) is 0 Å². The van der Waals surface area contributed by atoms with Crippen LogP contribution < -0.4 is 5.32 Å². The van der Waals surface area contributed by atoms with Gasteiger partial charge in [-0.3, -0.25) is 20.0 Å². The Bertz CT molecular complexity index is 491. The number of nitrogens with zero attached hydrogens (tertiary/aromatic N) is 4. The van der Waals surface area contributed by atoms with Gasteiger partial charge in [-0.05, 0) is 18.9 Å². The molecule has 1 N–H and O–H groups in total. The molecule has 0 bridgehead atoms. The lowest BCUT2D eigenvalue weighted by Crippen LogP contribution is -2.39. The van der Waals surface area contributed by atoms with Crippen LogP contribution in [0.15, 0.2) is 18.5 Å². The van der Waals surface area contributed by atoms with Crippen molar-refractivity contribution < 1.29 is 4.92 Å². The molecule has 100 valence electrons. The first-order chi connectivity index (χ1) is 9.20. The number of aromatic nitrogens is 1. The lowest BCUT2D eigenvalue weighted by atomic mass is 10.0. The molecule has 0 aromatic carbocycles. The van der Waals surface area contributed by atoms with Crippen molar-refractivity contribution in [3.63, 3.8) is 0 Å². The molecule has 19 heavy (non-hydrogen) atoms. The van der Waals surface area contributed by atoms with E-state index >= 15 is 0 Å². The fourth-order valence-electron chi connectivity index (χ4n) is 2.21. The third-order valence-electron chi connectivity index (χ3n) is 3.24. The molecule has 1 saturated heterocycles. The van der Waals surface area contributed by atoms with Gasteiger partial charge in [0, 0.05) is 25.3 Å². The van der Waals surface area contributed by atoms with E-state index in [4.69, 9.17) is 5.26 Å². The smallest absolute Gasteiger partial charge is 0.310 e. The summed E-state index contributed by atoms with van der Waals surface area (Å²) in [5, 5.41) is 22.7. The molecule has 0 saturated carbocycles. The van der Waals surface area contributed by atoms with E-state index in [-0.39, 0.29) is 11.7 Å². The molecule has 0 aliphatic carbocycles. The monoisotopic (exact) mass is 261 g/mol. The molecule has 0 atom stereocenters. The van der Waals surface area contributed by atoms with E-state index in [0.717, 1.165) is 25.9 Å². The Labute approximate surface area is 111 Å². The molecule has 7 heteroatoms. The summed E-state index contributed by atoms with van der Waals surface area (Å²) in [7, 11) is 0. The third-order valence-corrected chi connectivity index (χ3v) is 3.24. The SMILES string of the molecule is N#CCN1CCC(Nc2ccncc2[N+](=O)[O-])CC1. The van der Waals surface area contributed by atoms with E-state index in [2.05, 4.69) is 21.3 Å². The van der Waals surface area contributed by atoms with E-state index in [9.17, 15) is 10.1 Å². The van der Waals surface area contributed by atoms with Crippen molar-refractivity contribution in [2.75, 3.05) is 25.0 Å². The normalized spacial score (nSPS) is 16.8. The number of rotatable bonds is 4. The van der Waals surface area contributed by atoms with Crippen LogP contribution in [0, 0.1) is 21.4 Å². The van der Waals surface area contributed by atoms with Crippen LogP contribution in [0.4, 0.5) is 11.4 Å². The van der Waals surface area contributed by atoms with Crippen LogP contribution in [0.3, 0.4) is 0 Å². The quantitative estimate of drug-likeness (QED) is 0.500. The van der Waals surface area contributed by atoms with E-state index < -0.39 is 4.92 Å². The maximum atomic E-state index is 10.9. The van der Waals surface area contributed by atoms with Gasteiger partial charge in [0.1, 0.15) is 11.9 Å². The summed E-state index contributed by atoms with van der Waals surface area (Å²) in [5.41, 5.74) is 0.515. The van der Waals surface area contributed by atoms with Gasteiger partial charge in [0.25, 0.3) is 0 Å². The molecule has 1 aliphatic heterocycles. The molecular formula is C12H15N5O2. The van der Waals surface area contributed by atoms with Crippen molar-refractivity contribution >= 4 is 11.4 Å². The van der Waals surface area contributed by atoms with Gasteiger partial charge >= 0.3 is 5.69 Å². The fraction of sp³-hybridized carbons (Fsp3) is 0.500. The molecule has 1 aromatic heterocycles. The molecule has 2 heterocycles.